The van der Waals surface area contributed by atoms with Crippen LogP contribution in [0.5, 0.6) is 0 Å². The topological polar surface area (TPSA) is 72.8 Å². The van der Waals surface area contributed by atoms with Gasteiger partial charge in [-0.25, -0.2) is 4.79 Å². The molecule has 0 heterocycles. The second-order valence-corrected chi connectivity index (χ2v) is 3.23. The Bertz CT molecular complexity index is 257. The molecule has 0 aromatic heterocycles. The van der Waals surface area contributed by atoms with Crippen LogP contribution in [0.4, 0.5) is 0 Å². The van der Waals surface area contributed by atoms with Crippen LogP contribution < -0.4 is 0 Å². The highest BCUT2D eigenvalue weighted by molar-refractivity contribution is 5.82. The number of aliphatic hydroxyl groups is 1. The first-order valence-corrected chi connectivity index (χ1v) is 5.09. The van der Waals surface area contributed by atoms with E-state index < -0.39 is 5.97 Å². The molecule has 5 nitrogen and oxygen atoms in total. The van der Waals surface area contributed by atoms with Crippen molar-refractivity contribution in [2.45, 2.75) is 25.7 Å². The average Bonchev–Trinajstić information content (AvgIpc) is 2.31. The molecule has 0 bridgehead atoms. The number of carbonyl (C=O) groups is 2. The zero-order valence-corrected chi connectivity index (χ0v) is 9.69. The smallest absolute Gasteiger partial charge is 0.330 e. The summed E-state index contributed by atoms with van der Waals surface area (Å²) in [5, 5.41) is 8.70. The highest BCUT2D eigenvalue weighted by Gasteiger charge is 2.06. The summed E-state index contributed by atoms with van der Waals surface area (Å²) in [6.07, 6.45) is 3.16. The van der Waals surface area contributed by atoms with Crippen LogP contribution in [0.3, 0.4) is 0 Å². The molecule has 0 spiro atoms. The predicted octanol–water partition coefficient (Wildman–Crippen LogP) is 0.811. The second kappa shape index (κ2) is 8.91. The van der Waals surface area contributed by atoms with Gasteiger partial charge in [-0.2, -0.15) is 0 Å². The highest BCUT2D eigenvalue weighted by Crippen LogP contribution is 2.13. The van der Waals surface area contributed by atoms with Crippen molar-refractivity contribution in [1.29, 1.82) is 0 Å². The van der Waals surface area contributed by atoms with E-state index in [0.29, 0.717) is 19.3 Å². The Balaban J connectivity index is 4.25. The van der Waals surface area contributed by atoms with Crippen molar-refractivity contribution in [2.75, 3.05) is 20.8 Å². The standard InChI is InChI=1S/C11H18O5/c1-15-10(13)6-5-9(4-3-7-12)8-11(14)16-2/h8,12H,3-7H2,1-2H3/b9-8+. The number of carbonyl (C=O) groups excluding carboxylic acids is 2. The zero-order chi connectivity index (χ0) is 12.4. The van der Waals surface area contributed by atoms with Crippen LogP contribution in [-0.4, -0.2) is 37.9 Å². The maximum atomic E-state index is 11.0. The molecule has 0 unspecified atom stereocenters. The Morgan fingerprint density at radius 1 is 1.12 bits per heavy atom. The summed E-state index contributed by atoms with van der Waals surface area (Å²) in [4.78, 5) is 22.0. The van der Waals surface area contributed by atoms with E-state index in [1.54, 1.807) is 0 Å². The van der Waals surface area contributed by atoms with Gasteiger partial charge in [0.05, 0.1) is 14.2 Å². The summed E-state index contributed by atoms with van der Waals surface area (Å²) in [5.74, 6) is -0.766. The third-order valence-corrected chi connectivity index (χ3v) is 2.06. The number of hydrogen-bond donors (Lipinski definition) is 1. The van der Waals surface area contributed by atoms with Crippen molar-refractivity contribution in [1.82, 2.24) is 0 Å². The van der Waals surface area contributed by atoms with Gasteiger partial charge in [-0.3, -0.25) is 4.79 Å². The van der Waals surface area contributed by atoms with Crippen molar-refractivity contribution in [2.24, 2.45) is 0 Å². The first-order chi connectivity index (χ1) is 7.63. The van der Waals surface area contributed by atoms with Crippen LogP contribution in [0.15, 0.2) is 11.6 Å². The average molecular weight is 230 g/mol. The number of allylic oxidation sites excluding steroid dienone is 1. The quantitative estimate of drug-likeness (QED) is 0.517. The normalized spacial score (nSPS) is 11.1. The molecule has 1 N–H and O–H groups in total. The Hall–Kier alpha value is -1.36. The van der Waals surface area contributed by atoms with Crippen LogP contribution in [0, 0.1) is 0 Å². The number of rotatable bonds is 7. The van der Waals surface area contributed by atoms with Crippen molar-refractivity contribution in [3.8, 4) is 0 Å². The summed E-state index contributed by atoms with van der Waals surface area (Å²) in [6.45, 7) is 0.0523. The number of hydrogen-bond acceptors (Lipinski definition) is 5. The van der Waals surface area contributed by atoms with Gasteiger partial charge in [-0.1, -0.05) is 5.57 Å². The number of aliphatic hydroxyl groups excluding tert-OH is 1. The molecule has 92 valence electrons. The third-order valence-electron chi connectivity index (χ3n) is 2.06. The molecule has 0 fully saturated rings. The molecule has 0 amide bonds. The molecule has 16 heavy (non-hydrogen) atoms. The molecule has 0 aliphatic rings. The van der Waals surface area contributed by atoms with E-state index in [1.807, 2.05) is 0 Å². The molecule has 0 radical (unpaired) electrons. The van der Waals surface area contributed by atoms with Gasteiger partial charge in [0.1, 0.15) is 0 Å². The molecule has 0 aromatic carbocycles. The Morgan fingerprint density at radius 2 is 1.81 bits per heavy atom. The van der Waals surface area contributed by atoms with Gasteiger partial charge in [0, 0.05) is 19.1 Å². The van der Waals surface area contributed by atoms with Gasteiger partial charge < -0.3 is 14.6 Å². The largest absolute Gasteiger partial charge is 0.469 e. The molecule has 5 heteroatoms. The summed E-state index contributed by atoms with van der Waals surface area (Å²) >= 11 is 0. The van der Waals surface area contributed by atoms with Crippen LogP contribution in [0.2, 0.25) is 0 Å². The zero-order valence-electron chi connectivity index (χ0n) is 9.69. The molecular weight excluding hydrogens is 212 g/mol. The Morgan fingerprint density at radius 3 is 2.31 bits per heavy atom. The van der Waals surface area contributed by atoms with Crippen LogP contribution >= 0.6 is 0 Å². The van der Waals surface area contributed by atoms with Gasteiger partial charge in [-0.05, 0) is 19.3 Å². The predicted molar refractivity (Wildman–Crippen MR) is 57.7 cm³/mol. The summed E-state index contributed by atoms with van der Waals surface area (Å²) in [7, 11) is 2.61. The minimum Gasteiger partial charge on any atom is -0.469 e. The summed E-state index contributed by atoms with van der Waals surface area (Å²) in [6, 6.07) is 0. The number of esters is 2. The fourth-order valence-corrected chi connectivity index (χ4v) is 1.17. The Kier molecular flexibility index (Phi) is 8.15. The maximum Gasteiger partial charge on any atom is 0.330 e. The molecule has 0 saturated carbocycles. The minimum absolute atomic E-state index is 0.0523. The lowest BCUT2D eigenvalue weighted by atomic mass is 10.0. The van der Waals surface area contributed by atoms with Crippen LogP contribution in [0.1, 0.15) is 25.7 Å². The van der Waals surface area contributed by atoms with E-state index >= 15 is 0 Å². The van der Waals surface area contributed by atoms with Crippen LogP contribution in [-0.2, 0) is 19.1 Å². The molecule has 0 atom stereocenters. The first-order valence-electron chi connectivity index (χ1n) is 5.09. The van der Waals surface area contributed by atoms with Crippen molar-refractivity contribution >= 4 is 11.9 Å². The van der Waals surface area contributed by atoms with Gasteiger partial charge in [-0.15, -0.1) is 0 Å². The van der Waals surface area contributed by atoms with Crippen LogP contribution in [0.25, 0.3) is 0 Å². The van der Waals surface area contributed by atoms with E-state index in [0.717, 1.165) is 5.57 Å². The fourth-order valence-electron chi connectivity index (χ4n) is 1.17. The lowest BCUT2D eigenvalue weighted by molar-refractivity contribution is -0.140. The van der Waals surface area contributed by atoms with E-state index in [9.17, 15) is 9.59 Å². The molecule has 0 aromatic rings. The van der Waals surface area contributed by atoms with Crippen molar-refractivity contribution in [3.05, 3.63) is 11.6 Å². The fraction of sp³-hybridized carbons (Fsp3) is 0.636. The second-order valence-electron chi connectivity index (χ2n) is 3.23. The van der Waals surface area contributed by atoms with E-state index in [4.69, 9.17) is 5.11 Å². The first kappa shape index (κ1) is 14.6. The van der Waals surface area contributed by atoms with E-state index in [2.05, 4.69) is 9.47 Å². The lowest BCUT2D eigenvalue weighted by Gasteiger charge is -2.05. The molecule has 0 aliphatic carbocycles. The van der Waals surface area contributed by atoms with E-state index in [1.165, 1.54) is 20.3 Å². The van der Waals surface area contributed by atoms with E-state index in [-0.39, 0.29) is 19.0 Å². The lowest BCUT2D eigenvalue weighted by Crippen LogP contribution is -2.03. The summed E-state index contributed by atoms with van der Waals surface area (Å²) < 4.78 is 9.00. The molecule has 0 rings (SSSR count). The molecular formula is C11H18O5. The van der Waals surface area contributed by atoms with Gasteiger partial charge in [0.25, 0.3) is 0 Å². The maximum absolute atomic E-state index is 11.0. The van der Waals surface area contributed by atoms with Gasteiger partial charge in [0.2, 0.25) is 0 Å². The summed E-state index contributed by atoms with van der Waals surface area (Å²) in [5.41, 5.74) is 0.784. The monoisotopic (exact) mass is 230 g/mol. The molecule has 0 aliphatic heterocycles. The Labute approximate surface area is 95.0 Å². The number of methoxy groups -OCH3 is 2. The highest BCUT2D eigenvalue weighted by atomic mass is 16.5. The van der Waals surface area contributed by atoms with Gasteiger partial charge >= 0.3 is 11.9 Å². The SMILES string of the molecule is COC(=O)/C=C(\CCCO)CCC(=O)OC. The third kappa shape index (κ3) is 7.00. The number of ether oxygens (including phenoxy) is 2. The van der Waals surface area contributed by atoms with Gasteiger partial charge in [0.15, 0.2) is 0 Å². The minimum atomic E-state index is -0.446. The van der Waals surface area contributed by atoms with Crippen molar-refractivity contribution in [3.63, 3.8) is 0 Å². The van der Waals surface area contributed by atoms with Crippen molar-refractivity contribution < 1.29 is 24.2 Å². The molecule has 0 saturated heterocycles.